The van der Waals surface area contributed by atoms with Crippen molar-refractivity contribution in [3.05, 3.63) is 65.7 Å². The Morgan fingerprint density at radius 1 is 1.12 bits per heavy atom. The van der Waals surface area contributed by atoms with Crippen molar-refractivity contribution >= 4 is 12.0 Å². The lowest BCUT2D eigenvalue weighted by molar-refractivity contribution is -0.128. The molecule has 0 bridgehead atoms. The fourth-order valence-corrected chi connectivity index (χ4v) is 2.58. The molecule has 0 spiro atoms. The van der Waals surface area contributed by atoms with Crippen molar-refractivity contribution in [1.29, 1.82) is 0 Å². The van der Waals surface area contributed by atoms with Crippen LogP contribution < -0.4 is 9.47 Å². The smallest absolute Gasteiger partial charge is 0.247 e. The highest BCUT2D eigenvalue weighted by molar-refractivity contribution is 5.92. The third-order valence-corrected chi connectivity index (χ3v) is 3.92. The van der Waals surface area contributed by atoms with Crippen LogP contribution in [0.25, 0.3) is 6.08 Å². The molecule has 4 heteroatoms. The van der Waals surface area contributed by atoms with E-state index >= 15 is 0 Å². The summed E-state index contributed by atoms with van der Waals surface area (Å²) < 4.78 is 10.7. The van der Waals surface area contributed by atoms with Gasteiger partial charge in [0.15, 0.2) is 11.5 Å². The van der Waals surface area contributed by atoms with Gasteiger partial charge in [-0.15, -0.1) is 0 Å². The topological polar surface area (TPSA) is 38.8 Å². The van der Waals surface area contributed by atoms with Gasteiger partial charge in [0.1, 0.15) is 0 Å². The number of nitrogens with zero attached hydrogens (tertiary/aromatic N) is 1. The van der Waals surface area contributed by atoms with E-state index in [0.29, 0.717) is 6.54 Å². The summed E-state index contributed by atoms with van der Waals surface area (Å²) in [6.07, 6.45) is 3.42. The van der Waals surface area contributed by atoms with Crippen LogP contribution in [0.4, 0.5) is 0 Å². The maximum absolute atomic E-state index is 12.6. The van der Waals surface area contributed by atoms with Crippen molar-refractivity contribution < 1.29 is 14.3 Å². The Labute approximate surface area is 142 Å². The SMILES string of the molecule is CC(C)N(Cc1ccccc1)C(=O)C=Cc1ccc2c(c1)OCO2. The minimum Gasteiger partial charge on any atom is -0.454 e. The third-order valence-electron chi connectivity index (χ3n) is 3.92. The molecule has 2 aromatic rings. The van der Waals surface area contributed by atoms with Gasteiger partial charge in [0.25, 0.3) is 0 Å². The second kappa shape index (κ2) is 7.21. The number of hydrogen-bond acceptors (Lipinski definition) is 3. The zero-order valence-electron chi connectivity index (χ0n) is 13.9. The number of rotatable bonds is 5. The Morgan fingerprint density at radius 3 is 2.62 bits per heavy atom. The number of hydrogen-bond donors (Lipinski definition) is 0. The van der Waals surface area contributed by atoms with Gasteiger partial charge in [-0.05, 0) is 43.2 Å². The van der Waals surface area contributed by atoms with Gasteiger partial charge < -0.3 is 14.4 Å². The standard InChI is InChI=1S/C20H21NO3/c1-15(2)21(13-17-6-4-3-5-7-17)20(22)11-9-16-8-10-18-19(12-16)24-14-23-18/h3-12,15H,13-14H2,1-2H3. The molecule has 1 aliphatic rings. The minimum atomic E-state index is -0.00785. The van der Waals surface area contributed by atoms with Crippen LogP contribution in [0.3, 0.4) is 0 Å². The van der Waals surface area contributed by atoms with Crippen LogP contribution in [0, 0.1) is 0 Å². The molecule has 124 valence electrons. The molecule has 0 aliphatic carbocycles. The van der Waals surface area contributed by atoms with Crippen molar-refractivity contribution in [1.82, 2.24) is 4.90 Å². The van der Waals surface area contributed by atoms with E-state index < -0.39 is 0 Å². The van der Waals surface area contributed by atoms with Gasteiger partial charge in [0.05, 0.1) is 0 Å². The van der Waals surface area contributed by atoms with Crippen molar-refractivity contribution in [2.24, 2.45) is 0 Å². The highest BCUT2D eigenvalue weighted by Gasteiger charge is 2.15. The maximum atomic E-state index is 12.6. The van der Waals surface area contributed by atoms with Gasteiger partial charge >= 0.3 is 0 Å². The van der Waals surface area contributed by atoms with Crippen LogP contribution in [0.2, 0.25) is 0 Å². The molecular formula is C20H21NO3. The van der Waals surface area contributed by atoms with Crippen LogP contribution in [-0.2, 0) is 11.3 Å². The molecule has 0 atom stereocenters. The molecule has 1 aliphatic heterocycles. The highest BCUT2D eigenvalue weighted by Crippen LogP contribution is 2.32. The van der Waals surface area contributed by atoms with Crippen molar-refractivity contribution in [2.75, 3.05) is 6.79 Å². The summed E-state index contributed by atoms with van der Waals surface area (Å²) in [5, 5.41) is 0. The molecule has 1 heterocycles. The van der Waals surface area contributed by atoms with Crippen molar-refractivity contribution in [3.63, 3.8) is 0 Å². The lowest BCUT2D eigenvalue weighted by atomic mass is 10.1. The number of fused-ring (bicyclic) bond motifs is 1. The average Bonchev–Trinajstić information content (AvgIpc) is 3.06. The summed E-state index contributed by atoms with van der Waals surface area (Å²) in [6.45, 7) is 4.90. The molecule has 24 heavy (non-hydrogen) atoms. The Balaban J connectivity index is 1.71. The van der Waals surface area contributed by atoms with E-state index in [1.807, 2.05) is 73.4 Å². The van der Waals surface area contributed by atoms with E-state index in [1.165, 1.54) is 0 Å². The van der Waals surface area contributed by atoms with Gasteiger partial charge in [-0.25, -0.2) is 0 Å². The fraction of sp³-hybridized carbons (Fsp3) is 0.250. The molecule has 0 aromatic heterocycles. The van der Waals surface area contributed by atoms with Crippen molar-refractivity contribution in [2.45, 2.75) is 26.4 Å². The van der Waals surface area contributed by atoms with E-state index in [9.17, 15) is 4.79 Å². The highest BCUT2D eigenvalue weighted by atomic mass is 16.7. The first kappa shape index (κ1) is 16.1. The maximum Gasteiger partial charge on any atom is 0.247 e. The molecule has 3 rings (SSSR count). The second-order valence-electron chi connectivity index (χ2n) is 5.99. The Morgan fingerprint density at radius 2 is 1.88 bits per heavy atom. The summed E-state index contributed by atoms with van der Waals surface area (Å²) in [4.78, 5) is 14.4. The molecule has 0 radical (unpaired) electrons. The number of carbonyl (C=O) groups is 1. The quantitative estimate of drug-likeness (QED) is 0.784. The Hall–Kier alpha value is -2.75. The van der Waals surface area contributed by atoms with Crippen LogP contribution in [0.5, 0.6) is 11.5 Å². The molecule has 0 saturated carbocycles. The normalized spacial score (nSPS) is 12.8. The van der Waals surface area contributed by atoms with Crippen LogP contribution in [0.1, 0.15) is 25.0 Å². The Bertz CT molecular complexity index is 738. The first-order valence-electron chi connectivity index (χ1n) is 8.06. The number of benzene rings is 2. The van der Waals surface area contributed by atoms with Gasteiger partial charge in [0.2, 0.25) is 12.7 Å². The monoisotopic (exact) mass is 323 g/mol. The molecule has 0 unspecified atom stereocenters. The van der Waals surface area contributed by atoms with Gasteiger partial charge in [-0.1, -0.05) is 36.4 Å². The lowest BCUT2D eigenvalue weighted by Crippen LogP contribution is -2.35. The molecule has 0 fully saturated rings. The average molecular weight is 323 g/mol. The van der Waals surface area contributed by atoms with Gasteiger partial charge in [-0.3, -0.25) is 4.79 Å². The first-order chi connectivity index (χ1) is 11.6. The fourth-order valence-electron chi connectivity index (χ4n) is 2.58. The molecular weight excluding hydrogens is 302 g/mol. The van der Waals surface area contributed by atoms with Crippen LogP contribution in [0.15, 0.2) is 54.6 Å². The van der Waals surface area contributed by atoms with E-state index in [4.69, 9.17) is 9.47 Å². The lowest BCUT2D eigenvalue weighted by Gasteiger charge is -2.25. The second-order valence-corrected chi connectivity index (χ2v) is 5.99. The zero-order chi connectivity index (χ0) is 16.9. The predicted molar refractivity (Wildman–Crippen MR) is 93.7 cm³/mol. The third kappa shape index (κ3) is 3.77. The minimum absolute atomic E-state index is 0.00785. The van der Waals surface area contributed by atoms with Gasteiger partial charge in [-0.2, -0.15) is 0 Å². The van der Waals surface area contributed by atoms with Gasteiger partial charge in [0, 0.05) is 18.7 Å². The van der Waals surface area contributed by atoms with Crippen LogP contribution >= 0.6 is 0 Å². The zero-order valence-corrected chi connectivity index (χ0v) is 13.9. The van der Waals surface area contributed by atoms with E-state index in [-0.39, 0.29) is 18.7 Å². The largest absolute Gasteiger partial charge is 0.454 e. The first-order valence-corrected chi connectivity index (χ1v) is 8.06. The number of ether oxygens (including phenoxy) is 2. The number of carbonyl (C=O) groups excluding carboxylic acids is 1. The van der Waals surface area contributed by atoms with Crippen molar-refractivity contribution in [3.8, 4) is 11.5 Å². The molecule has 0 saturated heterocycles. The summed E-state index contributed by atoms with van der Waals surface area (Å²) in [5.41, 5.74) is 2.03. The molecule has 0 N–H and O–H groups in total. The number of amides is 1. The molecule has 4 nitrogen and oxygen atoms in total. The summed E-state index contributed by atoms with van der Waals surface area (Å²) in [7, 11) is 0. The van der Waals surface area contributed by atoms with Crippen LogP contribution in [-0.4, -0.2) is 23.6 Å². The van der Waals surface area contributed by atoms with E-state index in [1.54, 1.807) is 6.08 Å². The Kier molecular flexibility index (Phi) is 4.85. The summed E-state index contributed by atoms with van der Waals surface area (Å²) >= 11 is 0. The molecule has 2 aromatic carbocycles. The summed E-state index contributed by atoms with van der Waals surface area (Å²) in [5.74, 6) is 1.45. The van der Waals surface area contributed by atoms with E-state index in [0.717, 1.165) is 22.6 Å². The summed E-state index contributed by atoms with van der Waals surface area (Å²) in [6, 6.07) is 15.8. The predicted octanol–water partition coefficient (Wildman–Crippen LogP) is 3.87. The molecule has 1 amide bonds. The van der Waals surface area contributed by atoms with E-state index in [2.05, 4.69) is 0 Å².